The van der Waals surface area contributed by atoms with Crippen molar-refractivity contribution in [2.75, 3.05) is 0 Å². The molecule has 11 heavy (non-hydrogen) atoms. The van der Waals surface area contributed by atoms with Crippen molar-refractivity contribution < 1.29 is 9.31 Å². The Labute approximate surface area is 67.7 Å². The van der Waals surface area contributed by atoms with Crippen LogP contribution in [-0.4, -0.2) is 18.3 Å². The van der Waals surface area contributed by atoms with Gasteiger partial charge in [-0.05, 0) is 27.2 Å². The minimum atomic E-state index is -0.152. The summed E-state index contributed by atoms with van der Waals surface area (Å²) in [6.07, 6.45) is 3.10. The highest BCUT2D eigenvalue weighted by Crippen LogP contribution is 2.42. The fourth-order valence-corrected chi connectivity index (χ4v) is 1.61. The van der Waals surface area contributed by atoms with Crippen molar-refractivity contribution in [3.05, 3.63) is 12.1 Å². The second-order valence-corrected chi connectivity index (χ2v) is 3.98. The Morgan fingerprint density at radius 2 is 2.00 bits per heavy atom. The van der Waals surface area contributed by atoms with Crippen LogP contribution in [-0.2, 0) is 9.31 Å². The summed E-state index contributed by atoms with van der Waals surface area (Å²) in [6, 6.07) is 0. The maximum atomic E-state index is 5.69. The molecular formula is C8H13BO2. The van der Waals surface area contributed by atoms with Crippen LogP contribution in [0, 0.1) is 0 Å². The van der Waals surface area contributed by atoms with Crippen LogP contribution >= 0.6 is 0 Å². The van der Waals surface area contributed by atoms with Gasteiger partial charge in [-0.15, -0.1) is 0 Å². The first-order valence-electron chi connectivity index (χ1n) is 4.06. The lowest BCUT2D eigenvalue weighted by molar-refractivity contribution is -0.00685. The first-order valence-corrected chi connectivity index (χ1v) is 4.06. The van der Waals surface area contributed by atoms with Gasteiger partial charge in [-0.2, -0.15) is 0 Å². The van der Waals surface area contributed by atoms with Gasteiger partial charge in [-0.1, -0.05) is 12.1 Å². The second kappa shape index (κ2) is 1.90. The van der Waals surface area contributed by atoms with Gasteiger partial charge < -0.3 is 9.31 Å². The molecule has 2 heterocycles. The molecule has 1 atom stereocenters. The summed E-state index contributed by atoms with van der Waals surface area (Å²) in [5, 5.41) is 0. The Hall–Kier alpha value is -0.275. The Balaban J connectivity index is 2.35. The third-order valence-electron chi connectivity index (χ3n) is 2.86. The monoisotopic (exact) mass is 152 g/mol. The average molecular weight is 152 g/mol. The summed E-state index contributed by atoms with van der Waals surface area (Å²) < 4.78 is 11.4. The summed E-state index contributed by atoms with van der Waals surface area (Å²) in [7, 11) is -0.108. The van der Waals surface area contributed by atoms with E-state index in [9.17, 15) is 0 Å². The van der Waals surface area contributed by atoms with Crippen LogP contribution in [0.1, 0.15) is 27.2 Å². The number of hydrogen-bond acceptors (Lipinski definition) is 2. The van der Waals surface area contributed by atoms with E-state index in [1.54, 1.807) is 0 Å². The Bertz CT molecular complexity index is 210. The highest BCUT2D eigenvalue weighted by Gasteiger charge is 2.54. The van der Waals surface area contributed by atoms with Crippen LogP contribution in [0.15, 0.2) is 12.1 Å². The predicted molar refractivity (Wildman–Crippen MR) is 44.2 cm³/mol. The molecule has 2 aliphatic heterocycles. The molecule has 0 saturated carbocycles. The third kappa shape index (κ3) is 0.877. The van der Waals surface area contributed by atoms with Gasteiger partial charge in [0.2, 0.25) is 0 Å². The van der Waals surface area contributed by atoms with E-state index in [1.165, 1.54) is 0 Å². The predicted octanol–water partition coefficient (Wildman–Crippen LogP) is 1.56. The molecule has 0 aromatic carbocycles. The molecule has 2 aliphatic rings. The lowest BCUT2D eigenvalue weighted by Gasteiger charge is -2.35. The molecule has 2 bridgehead atoms. The maximum Gasteiger partial charge on any atom is 0.486 e. The van der Waals surface area contributed by atoms with Crippen LogP contribution in [0.3, 0.4) is 0 Å². The minimum Gasteiger partial charge on any atom is -0.400 e. The van der Waals surface area contributed by atoms with Crippen molar-refractivity contribution >= 4 is 7.12 Å². The van der Waals surface area contributed by atoms with Crippen LogP contribution in [0.25, 0.3) is 0 Å². The molecule has 0 spiro atoms. The van der Waals surface area contributed by atoms with Crippen molar-refractivity contribution in [1.29, 1.82) is 0 Å². The average Bonchev–Trinajstić information content (AvgIpc) is 1.99. The largest absolute Gasteiger partial charge is 0.486 e. The smallest absolute Gasteiger partial charge is 0.400 e. The summed E-state index contributed by atoms with van der Waals surface area (Å²) in [4.78, 5) is 0. The molecule has 2 nitrogen and oxygen atoms in total. The topological polar surface area (TPSA) is 18.5 Å². The van der Waals surface area contributed by atoms with E-state index in [0.29, 0.717) is 0 Å². The maximum absolute atomic E-state index is 5.69. The summed E-state index contributed by atoms with van der Waals surface area (Å²) in [5.41, 5.74) is -0.270. The molecule has 2 rings (SSSR count). The van der Waals surface area contributed by atoms with E-state index in [0.717, 1.165) is 6.42 Å². The molecule has 0 N–H and O–H groups in total. The van der Waals surface area contributed by atoms with Gasteiger partial charge in [-0.25, -0.2) is 0 Å². The summed E-state index contributed by atoms with van der Waals surface area (Å²) >= 11 is 0. The van der Waals surface area contributed by atoms with E-state index < -0.39 is 0 Å². The number of rotatable bonds is 0. The lowest BCUT2D eigenvalue weighted by atomic mass is 9.81. The molecule has 0 radical (unpaired) electrons. The van der Waals surface area contributed by atoms with Crippen LogP contribution in [0.2, 0.25) is 0 Å². The van der Waals surface area contributed by atoms with Gasteiger partial charge in [0.05, 0.1) is 11.2 Å². The molecule has 0 aromatic rings. The summed E-state index contributed by atoms with van der Waals surface area (Å²) in [6.45, 7) is 6.27. The molecule has 0 amide bonds. The Morgan fingerprint density at radius 3 is 2.55 bits per heavy atom. The Morgan fingerprint density at radius 1 is 1.27 bits per heavy atom. The van der Waals surface area contributed by atoms with Crippen LogP contribution in [0.5, 0.6) is 0 Å². The van der Waals surface area contributed by atoms with Crippen molar-refractivity contribution in [3.8, 4) is 0 Å². The van der Waals surface area contributed by atoms with Gasteiger partial charge in [0, 0.05) is 0 Å². The van der Waals surface area contributed by atoms with Gasteiger partial charge in [-0.3, -0.25) is 0 Å². The molecule has 1 saturated heterocycles. The number of fused-ring (bicyclic) bond motifs is 2. The first kappa shape index (κ1) is 7.38. The summed E-state index contributed by atoms with van der Waals surface area (Å²) in [5.74, 6) is 1.98. The second-order valence-electron chi connectivity index (χ2n) is 3.98. The Kier molecular flexibility index (Phi) is 1.28. The fourth-order valence-electron chi connectivity index (χ4n) is 1.61. The third-order valence-corrected chi connectivity index (χ3v) is 2.86. The van der Waals surface area contributed by atoms with Crippen LogP contribution < -0.4 is 0 Å². The highest BCUT2D eigenvalue weighted by molar-refractivity contribution is 6.52. The van der Waals surface area contributed by atoms with Crippen molar-refractivity contribution in [2.45, 2.75) is 38.4 Å². The van der Waals surface area contributed by atoms with Gasteiger partial charge in [0.15, 0.2) is 0 Å². The SMILES string of the molecule is CC1(C)OB2C=CCC1(C)O2. The number of hydrogen-bond donors (Lipinski definition) is 0. The molecular weight excluding hydrogens is 139 g/mol. The fraction of sp³-hybridized carbons (Fsp3) is 0.750. The zero-order valence-corrected chi connectivity index (χ0v) is 7.26. The zero-order chi connectivity index (χ0) is 8.11. The first-order chi connectivity index (χ1) is 5.04. The van der Waals surface area contributed by atoms with Crippen molar-refractivity contribution in [1.82, 2.24) is 0 Å². The lowest BCUT2D eigenvalue weighted by Crippen LogP contribution is -2.44. The van der Waals surface area contributed by atoms with E-state index in [2.05, 4.69) is 26.8 Å². The van der Waals surface area contributed by atoms with Gasteiger partial charge >= 0.3 is 7.12 Å². The molecule has 1 fully saturated rings. The van der Waals surface area contributed by atoms with Gasteiger partial charge in [0.25, 0.3) is 0 Å². The minimum absolute atomic E-state index is 0.108. The molecule has 60 valence electrons. The van der Waals surface area contributed by atoms with Crippen molar-refractivity contribution in [2.24, 2.45) is 0 Å². The van der Waals surface area contributed by atoms with E-state index in [1.807, 2.05) is 5.98 Å². The van der Waals surface area contributed by atoms with E-state index in [4.69, 9.17) is 9.31 Å². The van der Waals surface area contributed by atoms with Crippen LogP contribution in [0.4, 0.5) is 0 Å². The highest BCUT2D eigenvalue weighted by atomic mass is 16.7. The quantitative estimate of drug-likeness (QED) is 0.490. The molecule has 1 unspecified atom stereocenters. The van der Waals surface area contributed by atoms with Gasteiger partial charge in [0.1, 0.15) is 0 Å². The van der Waals surface area contributed by atoms with E-state index >= 15 is 0 Å². The normalized spacial score (nSPS) is 39.7. The van der Waals surface area contributed by atoms with E-state index in [-0.39, 0.29) is 18.3 Å². The molecule has 0 aromatic heterocycles. The molecule has 3 heteroatoms. The molecule has 0 aliphatic carbocycles. The zero-order valence-electron chi connectivity index (χ0n) is 7.26. The standard InChI is InChI=1S/C8H13BO2/c1-7(2)8(3)5-4-6-9(10-7)11-8/h4,6H,5H2,1-3H3. The van der Waals surface area contributed by atoms with Crippen molar-refractivity contribution in [3.63, 3.8) is 0 Å².